The molecule has 0 aliphatic heterocycles. The van der Waals surface area contributed by atoms with Crippen molar-refractivity contribution in [3.63, 3.8) is 0 Å². The number of aromatic nitrogens is 1. The van der Waals surface area contributed by atoms with Gasteiger partial charge >= 0.3 is 0 Å². The molecule has 0 aliphatic rings. The van der Waals surface area contributed by atoms with Crippen molar-refractivity contribution >= 4 is 34.8 Å². The lowest BCUT2D eigenvalue weighted by molar-refractivity contribution is -0.117. The number of halogens is 2. The van der Waals surface area contributed by atoms with Gasteiger partial charge in [-0.15, -0.1) is 0 Å². The Bertz CT molecular complexity index is 877. The monoisotopic (exact) mass is 389 g/mol. The van der Waals surface area contributed by atoms with E-state index >= 15 is 0 Å². The van der Waals surface area contributed by atoms with Crippen LogP contribution in [0.15, 0.2) is 59.1 Å². The van der Waals surface area contributed by atoms with Crippen LogP contribution in [0.1, 0.15) is 5.89 Å². The van der Waals surface area contributed by atoms with E-state index in [2.05, 4.69) is 10.3 Å². The fourth-order valence-electron chi connectivity index (χ4n) is 2.40. The summed E-state index contributed by atoms with van der Waals surface area (Å²) in [6.07, 6.45) is 1.67. The molecule has 0 unspecified atom stereocenters. The molecule has 0 fully saturated rings. The van der Waals surface area contributed by atoms with Crippen LogP contribution in [-0.4, -0.2) is 29.4 Å². The molecule has 5 nitrogen and oxygen atoms in total. The summed E-state index contributed by atoms with van der Waals surface area (Å²) in [6, 6.07) is 14.3. The zero-order valence-corrected chi connectivity index (χ0v) is 15.6. The lowest BCUT2D eigenvalue weighted by atomic mass is 10.2. The Morgan fingerprint density at radius 1 is 1.08 bits per heavy atom. The third-order valence-corrected chi connectivity index (χ3v) is 4.13. The van der Waals surface area contributed by atoms with E-state index in [0.29, 0.717) is 33.9 Å². The second-order valence-electron chi connectivity index (χ2n) is 5.85. The summed E-state index contributed by atoms with van der Waals surface area (Å²) >= 11 is 11.7. The van der Waals surface area contributed by atoms with Gasteiger partial charge in [0.25, 0.3) is 0 Å². The average Bonchev–Trinajstić information content (AvgIpc) is 3.05. The van der Waals surface area contributed by atoms with Crippen LogP contribution in [0.2, 0.25) is 10.0 Å². The number of hydrogen-bond donors (Lipinski definition) is 1. The quantitative estimate of drug-likeness (QED) is 0.662. The minimum Gasteiger partial charge on any atom is -0.439 e. The molecule has 1 heterocycles. The number of likely N-dealkylation sites (N-methyl/N-ethyl adjacent to an activating group) is 1. The number of nitrogens with one attached hydrogen (secondary N) is 1. The van der Waals surface area contributed by atoms with Crippen LogP contribution in [0.25, 0.3) is 11.3 Å². The lowest BCUT2D eigenvalue weighted by Crippen LogP contribution is -2.29. The van der Waals surface area contributed by atoms with Crippen LogP contribution in [-0.2, 0) is 11.3 Å². The van der Waals surface area contributed by atoms with Crippen LogP contribution in [0.5, 0.6) is 0 Å². The summed E-state index contributed by atoms with van der Waals surface area (Å²) in [4.78, 5) is 18.2. The highest BCUT2D eigenvalue weighted by molar-refractivity contribution is 6.30. The number of nitrogens with zero attached hydrogens (tertiary/aromatic N) is 2. The first-order valence-corrected chi connectivity index (χ1v) is 8.70. The van der Waals surface area contributed by atoms with E-state index in [0.717, 1.165) is 5.56 Å². The first kappa shape index (κ1) is 18.5. The van der Waals surface area contributed by atoms with Gasteiger partial charge in [0.2, 0.25) is 11.8 Å². The maximum Gasteiger partial charge on any atom is 0.238 e. The molecule has 0 aliphatic carbocycles. The topological polar surface area (TPSA) is 58.4 Å². The first-order valence-electron chi connectivity index (χ1n) is 7.94. The minimum atomic E-state index is -0.126. The van der Waals surface area contributed by atoms with E-state index in [9.17, 15) is 4.79 Å². The molecule has 0 saturated carbocycles. The fourth-order valence-corrected chi connectivity index (χ4v) is 2.65. The van der Waals surface area contributed by atoms with Gasteiger partial charge < -0.3 is 9.73 Å². The van der Waals surface area contributed by atoms with Crippen molar-refractivity contribution in [2.45, 2.75) is 6.54 Å². The van der Waals surface area contributed by atoms with Crippen molar-refractivity contribution in [1.29, 1.82) is 0 Å². The average molecular weight is 390 g/mol. The third-order valence-electron chi connectivity index (χ3n) is 3.63. The van der Waals surface area contributed by atoms with Crippen molar-refractivity contribution in [3.8, 4) is 11.3 Å². The highest BCUT2D eigenvalue weighted by Gasteiger charge is 2.12. The van der Waals surface area contributed by atoms with Crippen molar-refractivity contribution in [1.82, 2.24) is 9.88 Å². The number of carbonyl (C=O) groups excluding carboxylic acids is 1. The van der Waals surface area contributed by atoms with Crippen LogP contribution in [0.3, 0.4) is 0 Å². The van der Waals surface area contributed by atoms with Crippen LogP contribution in [0, 0.1) is 0 Å². The normalized spacial score (nSPS) is 10.9. The molecule has 2 aromatic carbocycles. The fraction of sp³-hybridized carbons (Fsp3) is 0.158. The highest BCUT2D eigenvalue weighted by atomic mass is 35.5. The zero-order valence-electron chi connectivity index (χ0n) is 14.1. The minimum absolute atomic E-state index is 0.126. The second kappa shape index (κ2) is 8.36. The van der Waals surface area contributed by atoms with E-state index in [1.807, 2.05) is 24.1 Å². The number of amides is 1. The number of carbonyl (C=O) groups is 1. The first-order chi connectivity index (χ1) is 12.5. The number of oxazole rings is 1. The third kappa shape index (κ3) is 5.08. The number of anilines is 1. The van der Waals surface area contributed by atoms with Gasteiger partial charge in [0.1, 0.15) is 0 Å². The molecule has 26 heavy (non-hydrogen) atoms. The van der Waals surface area contributed by atoms with Crippen molar-refractivity contribution in [2.75, 3.05) is 18.9 Å². The maximum absolute atomic E-state index is 12.1. The van der Waals surface area contributed by atoms with E-state index in [-0.39, 0.29) is 12.5 Å². The Morgan fingerprint density at radius 3 is 2.35 bits per heavy atom. The summed E-state index contributed by atoms with van der Waals surface area (Å²) in [5.74, 6) is 1.08. The molecular weight excluding hydrogens is 373 g/mol. The summed E-state index contributed by atoms with van der Waals surface area (Å²) in [6.45, 7) is 0.628. The molecule has 1 aromatic heterocycles. The van der Waals surface area contributed by atoms with E-state index in [1.54, 1.807) is 42.6 Å². The molecule has 0 bridgehead atoms. The van der Waals surface area contributed by atoms with Crippen LogP contribution in [0.4, 0.5) is 5.69 Å². The Morgan fingerprint density at radius 2 is 1.69 bits per heavy atom. The predicted octanol–water partition coefficient (Wildman–Crippen LogP) is 4.72. The SMILES string of the molecule is CN(CC(=O)Nc1ccc(Cl)cc1)Cc1ncc(-c2ccc(Cl)cc2)o1. The van der Waals surface area contributed by atoms with Crippen molar-refractivity contribution in [2.24, 2.45) is 0 Å². The molecule has 7 heteroatoms. The van der Waals surface area contributed by atoms with Gasteiger partial charge in [0.15, 0.2) is 5.76 Å². The van der Waals surface area contributed by atoms with E-state index < -0.39 is 0 Å². The van der Waals surface area contributed by atoms with Crippen molar-refractivity contribution in [3.05, 3.63) is 70.7 Å². The summed E-state index contributed by atoms with van der Waals surface area (Å²) in [5, 5.41) is 4.11. The number of benzene rings is 2. The molecule has 134 valence electrons. The molecule has 1 amide bonds. The number of rotatable bonds is 6. The highest BCUT2D eigenvalue weighted by Crippen LogP contribution is 2.22. The van der Waals surface area contributed by atoms with Crippen molar-refractivity contribution < 1.29 is 9.21 Å². The Labute approximate surface area is 161 Å². The molecule has 0 atom stereocenters. The second-order valence-corrected chi connectivity index (χ2v) is 6.73. The van der Waals surface area contributed by atoms with Gasteiger partial charge in [-0.3, -0.25) is 9.69 Å². The van der Waals surface area contributed by atoms with Crippen LogP contribution >= 0.6 is 23.2 Å². The molecular formula is C19H17Cl2N3O2. The Balaban J connectivity index is 1.54. The van der Waals surface area contributed by atoms with Crippen LogP contribution < -0.4 is 5.32 Å². The standard InChI is InChI=1S/C19H17Cl2N3O2/c1-24(11-18(25)23-16-8-6-15(21)7-9-16)12-19-22-10-17(26-19)13-2-4-14(20)5-3-13/h2-10H,11-12H2,1H3,(H,23,25). The molecule has 0 spiro atoms. The van der Waals surface area contributed by atoms with Gasteiger partial charge in [0.05, 0.1) is 19.3 Å². The smallest absolute Gasteiger partial charge is 0.238 e. The van der Waals surface area contributed by atoms with E-state index in [4.69, 9.17) is 27.6 Å². The Kier molecular flexibility index (Phi) is 5.93. The molecule has 3 aromatic rings. The largest absolute Gasteiger partial charge is 0.439 e. The summed E-state index contributed by atoms with van der Waals surface area (Å²) in [5.41, 5.74) is 1.60. The molecule has 1 N–H and O–H groups in total. The number of hydrogen-bond acceptors (Lipinski definition) is 4. The van der Waals surface area contributed by atoms with Gasteiger partial charge in [-0.1, -0.05) is 23.2 Å². The van der Waals surface area contributed by atoms with Gasteiger partial charge in [-0.05, 0) is 55.6 Å². The Hall–Kier alpha value is -2.34. The summed E-state index contributed by atoms with van der Waals surface area (Å²) < 4.78 is 5.75. The lowest BCUT2D eigenvalue weighted by Gasteiger charge is -2.14. The molecule has 0 saturated heterocycles. The molecule has 0 radical (unpaired) electrons. The maximum atomic E-state index is 12.1. The summed E-state index contributed by atoms with van der Waals surface area (Å²) in [7, 11) is 1.83. The van der Waals surface area contributed by atoms with E-state index in [1.165, 1.54) is 0 Å². The molecule has 3 rings (SSSR count). The van der Waals surface area contributed by atoms with Gasteiger partial charge in [-0.2, -0.15) is 0 Å². The predicted molar refractivity (Wildman–Crippen MR) is 103 cm³/mol. The zero-order chi connectivity index (χ0) is 18.5. The van der Waals surface area contributed by atoms with Gasteiger partial charge in [-0.25, -0.2) is 4.98 Å². The van der Waals surface area contributed by atoms with Gasteiger partial charge in [0, 0.05) is 21.3 Å².